The molecule has 30 heavy (non-hydrogen) atoms. The fraction of sp³-hybridized carbons (Fsp3) is 0.524. The van der Waals surface area contributed by atoms with Crippen LogP contribution in [0, 0.1) is 0 Å². The van der Waals surface area contributed by atoms with Gasteiger partial charge in [0, 0.05) is 25.7 Å². The number of halogens is 1. The van der Waals surface area contributed by atoms with Crippen molar-refractivity contribution in [3.63, 3.8) is 0 Å². The topological polar surface area (TPSA) is 78.4 Å². The Labute approximate surface area is 186 Å². The van der Waals surface area contributed by atoms with Crippen LogP contribution in [0.2, 0.25) is 0 Å². The van der Waals surface area contributed by atoms with Crippen molar-refractivity contribution in [3.8, 4) is 0 Å². The lowest BCUT2D eigenvalue weighted by atomic mass is 10.0. The minimum Gasteiger partial charge on any atom is -0.338 e. The number of piperazine rings is 1. The molecule has 0 amide bonds. The van der Waals surface area contributed by atoms with Gasteiger partial charge in [-0.15, -0.1) is 12.4 Å². The van der Waals surface area contributed by atoms with Gasteiger partial charge in [0.15, 0.2) is 0 Å². The summed E-state index contributed by atoms with van der Waals surface area (Å²) in [6.45, 7) is 12.4. The molecule has 1 aliphatic heterocycles. The highest BCUT2D eigenvalue weighted by Gasteiger charge is 2.24. The third kappa shape index (κ3) is 5.83. The van der Waals surface area contributed by atoms with Crippen molar-refractivity contribution >= 4 is 34.1 Å². The fourth-order valence-electron chi connectivity index (χ4n) is 3.58. The molecule has 1 atom stereocenters. The maximum Gasteiger partial charge on any atom is 0.261 e. The van der Waals surface area contributed by atoms with Crippen LogP contribution in [0.4, 0.5) is 11.6 Å². The lowest BCUT2D eigenvalue weighted by Gasteiger charge is -2.39. The summed E-state index contributed by atoms with van der Waals surface area (Å²) >= 11 is 0. The Hall–Kier alpha value is -1.90. The first-order valence-electron chi connectivity index (χ1n) is 10.2. The number of nitrogens with one attached hydrogen (secondary N) is 1. The van der Waals surface area contributed by atoms with Crippen LogP contribution in [0.3, 0.4) is 0 Å². The normalized spacial score (nSPS) is 17.6. The zero-order valence-corrected chi connectivity index (χ0v) is 19.7. The highest BCUT2D eigenvalue weighted by Crippen LogP contribution is 2.21. The SMILES string of the molecule is CCCN1CCN(c2ncc(NS(=O)(=O)c3ccc(C(C)C)cc3)cn2)C[C@@H]1C.Cl. The molecule has 7 nitrogen and oxygen atoms in total. The van der Waals surface area contributed by atoms with Crippen molar-refractivity contribution < 1.29 is 8.42 Å². The van der Waals surface area contributed by atoms with E-state index in [1.54, 1.807) is 12.1 Å². The maximum absolute atomic E-state index is 12.6. The molecule has 0 unspecified atom stereocenters. The van der Waals surface area contributed by atoms with Gasteiger partial charge < -0.3 is 4.90 Å². The van der Waals surface area contributed by atoms with E-state index >= 15 is 0 Å². The standard InChI is InChI=1S/C21H31N5O2S.ClH/c1-5-10-25-11-12-26(15-17(25)4)21-22-13-19(14-23-21)24-29(27,28)20-8-6-18(7-9-20)16(2)3;/h6-9,13-14,16-17,24H,5,10-12,15H2,1-4H3;1H/t17-;/m0./s1. The molecule has 1 fully saturated rings. The maximum atomic E-state index is 12.6. The van der Waals surface area contributed by atoms with Gasteiger partial charge in [0.25, 0.3) is 10.0 Å². The van der Waals surface area contributed by atoms with E-state index in [0.29, 0.717) is 23.6 Å². The predicted molar refractivity (Wildman–Crippen MR) is 124 cm³/mol. The third-order valence-electron chi connectivity index (χ3n) is 5.31. The van der Waals surface area contributed by atoms with Gasteiger partial charge in [-0.1, -0.05) is 32.9 Å². The van der Waals surface area contributed by atoms with E-state index in [4.69, 9.17) is 0 Å². The molecule has 0 bridgehead atoms. The molecule has 166 valence electrons. The molecule has 1 N–H and O–H groups in total. The van der Waals surface area contributed by atoms with E-state index in [9.17, 15) is 8.42 Å². The molecule has 1 aromatic heterocycles. The van der Waals surface area contributed by atoms with Gasteiger partial charge in [-0.05, 0) is 43.5 Å². The van der Waals surface area contributed by atoms with Crippen molar-refractivity contribution in [2.75, 3.05) is 35.8 Å². The second-order valence-electron chi connectivity index (χ2n) is 7.93. The van der Waals surface area contributed by atoms with Crippen LogP contribution >= 0.6 is 12.4 Å². The predicted octanol–water partition coefficient (Wildman–Crippen LogP) is 3.74. The molecule has 3 rings (SSSR count). The lowest BCUT2D eigenvalue weighted by molar-refractivity contribution is 0.189. The second kappa shape index (κ2) is 10.4. The Bertz CT molecular complexity index is 904. The second-order valence-corrected chi connectivity index (χ2v) is 9.61. The van der Waals surface area contributed by atoms with Crippen molar-refractivity contribution in [2.24, 2.45) is 0 Å². The van der Waals surface area contributed by atoms with Gasteiger partial charge in [0.1, 0.15) is 0 Å². The van der Waals surface area contributed by atoms with Gasteiger partial charge in [0.05, 0.1) is 23.0 Å². The molecule has 0 spiro atoms. The number of nitrogens with zero attached hydrogens (tertiary/aromatic N) is 4. The molecular weight excluding hydrogens is 422 g/mol. The summed E-state index contributed by atoms with van der Waals surface area (Å²) in [5.74, 6) is 0.990. The molecule has 1 aliphatic rings. The van der Waals surface area contributed by atoms with Crippen molar-refractivity contribution in [1.29, 1.82) is 0 Å². The Kier molecular flexibility index (Phi) is 8.46. The highest BCUT2D eigenvalue weighted by atomic mass is 35.5. The van der Waals surface area contributed by atoms with E-state index in [1.165, 1.54) is 12.4 Å². The van der Waals surface area contributed by atoms with Crippen LogP contribution in [0.25, 0.3) is 0 Å². The molecule has 0 saturated carbocycles. The van der Waals surface area contributed by atoms with Gasteiger partial charge in [-0.3, -0.25) is 9.62 Å². The van der Waals surface area contributed by atoms with E-state index in [-0.39, 0.29) is 17.3 Å². The summed E-state index contributed by atoms with van der Waals surface area (Å²) in [4.78, 5) is 13.6. The Morgan fingerprint density at radius 1 is 1.13 bits per heavy atom. The van der Waals surface area contributed by atoms with E-state index in [0.717, 1.165) is 38.2 Å². The zero-order chi connectivity index (χ0) is 21.0. The van der Waals surface area contributed by atoms with Crippen LogP contribution in [0.1, 0.15) is 45.6 Å². The summed E-state index contributed by atoms with van der Waals surface area (Å²) in [6.07, 6.45) is 4.22. The molecule has 1 saturated heterocycles. The minimum atomic E-state index is -3.67. The molecular formula is C21H32ClN5O2S. The first kappa shape index (κ1) is 24.4. The van der Waals surface area contributed by atoms with Crippen molar-refractivity contribution in [1.82, 2.24) is 14.9 Å². The first-order chi connectivity index (χ1) is 13.8. The monoisotopic (exact) mass is 453 g/mol. The minimum absolute atomic E-state index is 0. The number of sulfonamides is 1. The van der Waals surface area contributed by atoms with Gasteiger partial charge in [0.2, 0.25) is 5.95 Å². The van der Waals surface area contributed by atoms with E-state index < -0.39 is 10.0 Å². The summed E-state index contributed by atoms with van der Waals surface area (Å²) in [7, 11) is -3.67. The van der Waals surface area contributed by atoms with Crippen LogP contribution in [-0.2, 0) is 10.0 Å². The number of benzene rings is 1. The Balaban J connectivity index is 0.00000320. The zero-order valence-electron chi connectivity index (χ0n) is 18.1. The first-order valence-corrected chi connectivity index (χ1v) is 11.7. The average molecular weight is 454 g/mol. The number of aromatic nitrogens is 2. The van der Waals surface area contributed by atoms with Crippen molar-refractivity contribution in [2.45, 2.75) is 51.0 Å². The molecule has 1 aromatic carbocycles. The van der Waals surface area contributed by atoms with Crippen LogP contribution in [-0.4, -0.2) is 55.5 Å². The quantitative estimate of drug-likeness (QED) is 0.687. The molecule has 2 aromatic rings. The van der Waals surface area contributed by atoms with E-state index in [1.807, 2.05) is 12.1 Å². The van der Waals surface area contributed by atoms with Crippen LogP contribution in [0.5, 0.6) is 0 Å². The largest absolute Gasteiger partial charge is 0.338 e. The highest BCUT2D eigenvalue weighted by molar-refractivity contribution is 7.92. The van der Waals surface area contributed by atoms with Crippen LogP contribution < -0.4 is 9.62 Å². The number of rotatable bonds is 7. The summed E-state index contributed by atoms with van der Waals surface area (Å²) in [5, 5.41) is 0. The number of hydrogen-bond donors (Lipinski definition) is 1. The van der Waals surface area contributed by atoms with Gasteiger partial charge in [-0.2, -0.15) is 0 Å². The molecule has 9 heteroatoms. The molecule has 0 radical (unpaired) electrons. The summed E-state index contributed by atoms with van der Waals surface area (Å²) in [5.41, 5.74) is 1.46. The summed E-state index contributed by atoms with van der Waals surface area (Å²) < 4.78 is 27.8. The fourth-order valence-corrected chi connectivity index (χ4v) is 4.61. The Morgan fingerprint density at radius 2 is 1.77 bits per heavy atom. The van der Waals surface area contributed by atoms with E-state index in [2.05, 4.69) is 52.2 Å². The summed E-state index contributed by atoms with van der Waals surface area (Å²) in [6, 6.07) is 7.39. The van der Waals surface area contributed by atoms with Crippen LogP contribution in [0.15, 0.2) is 41.6 Å². The van der Waals surface area contributed by atoms with Gasteiger partial charge >= 0.3 is 0 Å². The lowest BCUT2D eigenvalue weighted by Crippen LogP contribution is -2.52. The number of hydrogen-bond acceptors (Lipinski definition) is 6. The van der Waals surface area contributed by atoms with Gasteiger partial charge in [-0.25, -0.2) is 18.4 Å². The Morgan fingerprint density at radius 3 is 2.30 bits per heavy atom. The average Bonchev–Trinajstić information content (AvgIpc) is 2.70. The molecule has 2 heterocycles. The third-order valence-corrected chi connectivity index (χ3v) is 6.70. The smallest absolute Gasteiger partial charge is 0.261 e. The number of anilines is 2. The van der Waals surface area contributed by atoms with Crippen molar-refractivity contribution in [3.05, 3.63) is 42.2 Å². The molecule has 0 aliphatic carbocycles.